The zero-order valence-electron chi connectivity index (χ0n) is 10.7. The molecule has 0 aliphatic heterocycles. The van der Waals surface area contributed by atoms with E-state index in [1.807, 2.05) is 11.9 Å². The molecule has 0 bridgehead atoms. The number of hydrogen-bond acceptors (Lipinski definition) is 4. The summed E-state index contributed by atoms with van der Waals surface area (Å²) in [5.74, 6) is -0.356. The van der Waals surface area contributed by atoms with Crippen molar-refractivity contribution in [3.05, 3.63) is 30.1 Å². The summed E-state index contributed by atoms with van der Waals surface area (Å²) < 4.78 is 23.1. The summed E-state index contributed by atoms with van der Waals surface area (Å²) >= 11 is 0. The van der Waals surface area contributed by atoms with Crippen LogP contribution in [0.1, 0.15) is 6.42 Å². The molecular formula is C13H18FNO3. The fourth-order valence-electron chi connectivity index (χ4n) is 1.37. The second-order valence-electron chi connectivity index (χ2n) is 3.91. The topological polar surface area (TPSA) is 38.8 Å². The van der Waals surface area contributed by atoms with E-state index >= 15 is 0 Å². The highest BCUT2D eigenvalue weighted by molar-refractivity contribution is 5.69. The number of hydrogen-bond donors (Lipinski definition) is 0. The van der Waals surface area contributed by atoms with Crippen LogP contribution in [-0.2, 0) is 9.53 Å². The third-order valence-electron chi connectivity index (χ3n) is 2.49. The van der Waals surface area contributed by atoms with Gasteiger partial charge >= 0.3 is 5.97 Å². The predicted octanol–water partition coefficient (Wildman–Crippen LogP) is 1.70. The number of halogens is 1. The molecule has 100 valence electrons. The molecule has 1 aromatic rings. The molecule has 0 unspecified atom stereocenters. The number of benzene rings is 1. The average molecular weight is 255 g/mol. The molecule has 5 heteroatoms. The molecule has 1 aromatic carbocycles. The lowest BCUT2D eigenvalue weighted by molar-refractivity contribution is -0.140. The van der Waals surface area contributed by atoms with Gasteiger partial charge in [0.1, 0.15) is 6.61 Å². The van der Waals surface area contributed by atoms with Crippen molar-refractivity contribution in [1.29, 1.82) is 0 Å². The van der Waals surface area contributed by atoms with Gasteiger partial charge < -0.3 is 14.4 Å². The molecule has 0 saturated heterocycles. The maximum atomic E-state index is 13.2. The molecule has 0 amide bonds. The van der Waals surface area contributed by atoms with Crippen molar-refractivity contribution in [3.8, 4) is 5.75 Å². The summed E-state index contributed by atoms with van der Waals surface area (Å²) in [7, 11) is 3.23. The Morgan fingerprint density at radius 3 is 2.72 bits per heavy atom. The van der Waals surface area contributed by atoms with Gasteiger partial charge in [0.2, 0.25) is 0 Å². The molecule has 0 aliphatic carbocycles. The predicted molar refractivity (Wildman–Crippen MR) is 66.0 cm³/mol. The molecule has 0 atom stereocenters. The van der Waals surface area contributed by atoms with Gasteiger partial charge in [-0.3, -0.25) is 4.79 Å². The third-order valence-corrected chi connectivity index (χ3v) is 2.49. The lowest BCUT2D eigenvalue weighted by Crippen LogP contribution is -2.27. The van der Waals surface area contributed by atoms with Crippen molar-refractivity contribution in [1.82, 2.24) is 4.90 Å². The zero-order chi connectivity index (χ0) is 13.4. The summed E-state index contributed by atoms with van der Waals surface area (Å²) in [6.07, 6.45) is 0.340. The number of ether oxygens (including phenoxy) is 2. The molecule has 4 nitrogen and oxygen atoms in total. The number of para-hydroxylation sites is 1. The van der Waals surface area contributed by atoms with Crippen LogP contribution in [0.3, 0.4) is 0 Å². The molecule has 0 N–H and O–H groups in total. The number of nitrogens with zero attached hydrogens (tertiary/aromatic N) is 1. The fourth-order valence-corrected chi connectivity index (χ4v) is 1.37. The second kappa shape index (κ2) is 7.66. The minimum atomic E-state index is -0.366. The first-order valence-corrected chi connectivity index (χ1v) is 5.76. The quantitative estimate of drug-likeness (QED) is 0.695. The van der Waals surface area contributed by atoms with Gasteiger partial charge in [0.15, 0.2) is 11.6 Å². The normalized spacial score (nSPS) is 10.4. The van der Waals surface area contributed by atoms with Crippen molar-refractivity contribution in [2.24, 2.45) is 0 Å². The molecule has 0 spiro atoms. The van der Waals surface area contributed by atoms with E-state index in [2.05, 4.69) is 4.74 Å². The van der Waals surface area contributed by atoms with Crippen LogP contribution in [0.15, 0.2) is 24.3 Å². The van der Waals surface area contributed by atoms with E-state index < -0.39 is 0 Å². The monoisotopic (exact) mass is 255 g/mol. The SMILES string of the molecule is COC(=O)CCN(C)CCOc1ccccc1F. The summed E-state index contributed by atoms with van der Waals surface area (Å²) in [6, 6.07) is 6.28. The molecule has 18 heavy (non-hydrogen) atoms. The van der Waals surface area contributed by atoms with E-state index in [1.54, 1.807) is 18.2 Å². The lowest BCUT2D eigenvalue weighted by Gasteiger charge is -2.16. The van der Waals surface area contributed by atoms with Crippen LogP contribution in [0.5, 0.6) is 5.75 Å². The molecular weight excluding hydrogens is 237 g/mol. The van der Waals surface area contributed by atoms with Crippen LogP contribution in [0.2, 0.25) is 0 Å². The number of methoxy groups -OCH3 is 1. The van der Waals surface area contributed by atoms with Crippen LogP contribution in [-0.4, -0.2) is 44.7 Å². The molecule has 0 aliphatic rings. The number of esters is 1. The van der Waals surface area contributed by atoms with Crippen molar-refractivity contribution in [2.45, 2.75) is 6.42 Å². The summed E-state index contributed by atoms with van der Waals surface area (Å²) in [6.45, 7) is 1.58. The van der Waals surface area contributed by atoms with Crippen LogP contribution in [0.25, 0.3) is 0 Å². The van der Waals surface area contributed by atoms with E-state index in [0.29, 0.717) is 26.1 Å². The standard InChI is InChI=1S/C13H18FNO3/c1-15(8-7-13(16)17-2)9-10-18-12-6-4-3-5-11(12)14/h3-6H,7-10H2,1-2H3. The van der Waals surface area contributed by atoms with Crippen molar-refractivity contribution >= 4 is 5.97 Å². The number of rotatable bonds is 7. The smallest absolute Gasteiger partial charge is 0.306 e. The zero-order valence-corrected chi connectivity index (χ0v) is 10.7. The van der Waals surface area contributed by atoms with E-state index in [-0.39, 0.29) is 17.5 Å². The van der Waals surface area contributed by atoms with Gasteiger partial charge in [0.25, 0.3) is 0 Å². The van der Waals surface area contributed by atoms with Crippen molar-refractivity contribution in [3.63, 3.8) is 0 Å². The lowest BCUT2D eigenvalue weighted by atomic mass is 10.3. The largest absolute Gasteiger partial charge is 0.489 e. The summed E-state index contributed by atoms with van der Waals surface area (Å²) in [5.41, 5.74) is 0. The van der Waals surface area contributed by atoms with Gasteiger partial charge in [-0.15, -0.1) is 0 Å². The minimum Gasteiger partial charge on any atom is -0.489 e. The van der Waals surface area contributed by atoms with Gasteiger partial charge in [-0.1, -0.05) is 12.1 Å². The molecule has 0 heterocycles. The van der Waals surface area contributed by atoms with Gasteiger partial charge in [-0.05, 0) is 19.2 Å². The molecule has 0 fully saturated rings. The van der Waals surface area contributed by atoms with E-state index in [9.17, 15) is 9.18 Å². The van der Waals surface area contributed by atoms with Crippen molar-refractivity contribution < 1.29 is 18.7 Å². The number of carbonyl (C=O) groups excluding carboxylic acids is 1. The Morgan fingerprint density at radius 1 is 1.33 bits per heavy atom. The van der Waals surface area contributed by atoms with E-state index in [1.165, 1.54) is 13.2 Å². The maximum absolute atomic E-state index is 13.2. The average Bonchev–Trinajstić information content (AvgIpc) is 2.38. The Balaban J connectivity index is 2.21. The molecule has 1 rings (SSSR count). The summed E-state index contributed by atoms with van der Waals surface area (Å²) in [4.78, 5) is 12.9. The first-order chi connectivity index (χ1) is 8.63. The summed E-state index contributed by atoms with van der Waals surface area (Å²) in [5, 5.41) is 0. The van der Waals surface area contributed by atoms with Gasteiger partial charge in [-0.2, -0.15) is 0 Å². The highest BCUT2D eigenvalue weighted by Gasteiger charge is 2.05. The van der Waals surface area contributed by atoms with E-state index in [0.717, 1.165) is 0 Å². The molecule has 0 radical (unpaired) electrons. The van der Waals surface area contributed by atoms with Gasteiger partial charge in [-0.25, -0.2) is 4.39 Å². The minimum absolute atomic E-state index is 0.239. The Labute approximate surface area is 106 Å². The number of likely N-dealkylation sites (N-methyl/N-ethyl adjacent to an activating group) is 1. The van der Waals surface area contributed by atoms with Crippen LogP contribution < -0.4 is 4.74 Å². The Hall–Kier alpha value is -1.62. The van der Waals surface area contributed by atoms with Gasteiger partial charge in [0.05, 0.1) is 13.5 Å². The van der Waals surface area contributed by atoms with Crippen LogP contribution in [0, 0.1) is 5.82 Å². The highest BCUT2D eigenvalue weighted by atomic mass is 19.1. The Bertz CT molecular complexity index is 384. The number of carbonyl (C=O) groups is 1. The Kier molecular flexibility index (Phi) is 6.14. The highest BCUT2D eigenvalue weighted by Crippen LogP contribution is 2.14. The fraction of sp³-hybridized carbons (Fsp3) is 0.462. The van der Waals surface area contributed by atoms with Crippen LogP contribution >= 0.6 is 0 Å². The van der Waals surface area contributed by atoms with Gasteiger partial charge in [0, 0.05) is 13.1 Å². The third kappa shape index (κ3) is 5.14. The first-order valence-electron chi connectivity index (χ1n) is 5.76. The van der Waals surface area contributed by atoms with Crippen molar-refractivity contribution in [2.75, 3.05) is 33.9 Å². The first kappa shape index (κ1) is 14.4. The maximum Gasteiger partial charge on any atom is 0.306 e. The Morgan fingerprint density at radius 2 is 2.06 bits per heavy atom. The van der Waals surface area contributed by atoms with Crippen LogP contribution in [0.4, 0.5) is 4.39 Å². The van der Waals surface area contributed by atoms with E-state index in [4.69, 9.17) is 4.74 Å². The molecule has 0 saturated carbocycles. The second-order valence-corrected chi connectivity index (χ2v) is 3.91. The molecule has 0 aromatic heterocycles.